The summed E-state index contributed by atoms with van der Waals surface area (Å²) in [4.78, 5) is 25.1. The van der Waals surface area contributed by atoms with Crippen LogP contribution in [0.5, 0.6) is 0 Å². The van der Waals surface area contributed by atoms with Crippen molar-refractivity contribution >= 4 is 27.7 Å². The zero-order chi connectivity index (χ0) is 12.1. The number of amides is 2. The SMILES string of the molecule is CC(C)CNC(=O)[C@@H]1CCCN1C(=O)CBr. The molecule has 0 bridgehead atoms. The monoisotopic (exact) mass is 290 g/mol. The van der Waals surface area contributed by atoms with Gasteiger partial charge in [-0.2, -0.15) is 0 Å². The van der Waals surface area contributed by atoms with Gasteiger partial charge < -0.3 is 10.2 Å². The minimum Gasteiger partial charge on any atom is -0.354 e. The number of nitrogens with one attached hydrogen (secondary N) is 1. The zero-order valence-corrected chi connectivity index (χ0v) is 11.4. The lowest BCUT2D eigenvalue weighted by Gasteiger charge is -2.23. The molecule has 0 radical (unpaired) electrons. The lowest BCUT2D eigenvalue weighted by Crippen LogP contribution is -2.47. The van der Waals surface area contributed by atoms with E-state index in [1.807, 2.05) is 0 Å². The summed E-state index contributed by atoms with van der Waals surface area (Å²) < 4.78 is 0. The number of carbonyl (C=O) groups is 2. The summed E-state index contributed by atoms with van der Waals surface area (Å²) in [7, 11) is 0. The van der Waals surface area contributed by atoms with Gasteiger partial charge in [-0.3, -0.25) is 9.59 Å². The standard InChI is InChI=1S/C11H19BrN2O2/c1-8(2)7-13-11(16)9-4-3-5-14(9)10(15)6-12/h8-9H,3-7H2,1-2H3,(H,13,16)/t9-/m0/s1. The van der Waals surface area contributed by atoms with Crippen molar-refractivity contribution in [1.29, 1.82) is 0 Å². The normalized spacial score (nSPS) is 20.2. The van der Waals surface area contributed by atoms with Gasteiger partial charge >= 0.3 is 0 Å². The second-order valence-electron chi connectivity index (χ2n) is 4.52. The highest BCUT2D eigenvalue weighted by Crippen LogP contribution is 2.18. The van der Waals surface area contributed by atoms with Crippen LogP contribution in [0.25, 0.3) is 0 Å². The lowest BCUT2D eigenvalue weighted by molar-refractivity contribution is -0.136. The second kappa shape index (κ2) is 6.23. The molecule has 0 aromatic carbocycles. The molecule has 0 spiro atoms. The van der Waals surface area contributed by atoms with Crippen LogP contribution in [0.1, 0.15) is 26.7 Å². The van der Waals surface area contributed by atoms with Crippen LogP contribution in [0.3, 0.4) is 0 Å². The third-order valence-electron chi connectivity index (χ3n) is 2.67. The maximum atomic E-state index is 11.9. The summed E-state index contributed by atoms with van der Waals surface area (Å²) in [6.07, 6.45) is 1.70. The van der Waals surface area contributed by atoms with Crippen molar-refractivity contribution in [3.8, 4) is 0 Å². The van der Waals surface area contributed by atoms with Crippen molar-refractivity contribution in [1.82, 2.24) is 10.2 Å². The van der Waals surface area contributed by atoms with Crippen LogP contribution in [-0.2, 0) is 9.59 Å². The van der Waals surface area contributed by atoms with E-state index in [0.717, 1.165) is 12.8 Å². The molecular weight excluding hydrogens is 272 g/mol. The molecule has 1 heterocycles. The van der Waals surface area contributed by atoms with Crippen LogP contribution >= 0.6 is 15.9 Å². The van der Waals surface area contributed by atoms with E-state index < -0.39 is 0 Å². The molecule has 0 aromatic rings. The predicted molar refractivity (Wildman–Crippen MR) is 66.4 cm³/mol. The average molecular weight is 291 g/mol. The smallest absolute Gasteiger partial charge is 0.242 e. The van der Waals surface area contributed by atoms with E-state index in [4.69, 9.17) is 0 Å². The predicted octanol–water partition coefficient (Wildman–Crippen LogP) is 1.14. The molecule has 0 aromatic heterocycles. The molecule has 92 valence electrons. The van der Waals surface area contributed by atoms with E-state index in [9.17, 15) is 9.59 Å². The molecule has 16 heavy (non-hydrogen) atoms. The molecule has 1 N–H and O–H groups in total. The second-order valence-corrected chi connectivity index (χ2v) is 5.08. The van der Waals surface area contributed by atoms with E-state index in [-0.39, 0.29) is 17.9 Å². The van der Waals surface area contributed by atoms with Crippen molar-refractivity contribution < 1.29 is 9.59 Å². The van der Waals surface area contributed by atoms with E-state index >= 15 is 0 Å². The van der Waals surface area contributed by atoms with Gasteiger partial charge in [0.05, 0.1) is 5.33 Å². The number of likely N-dealkylation sites (tertiary alicyclic amines) is 1. The van der Waals surface area contributed by atoms with Crippen LogP contribution in [0, 0.1) is 5.92 Å². The number of hydrogen-bond acceptors (Lipinski definition) is 2. The van der Waals surface area contributed by atoms with Gasteiger partial charge in [-0.15, -0.1) is 0 Å². The van der Waals surface area contributed by atoms with Gasteiger partial charge in [0, 0.05) is 13.1 Å². The molecule has 0 aliphatic carbocycles. The molecule has 1 fully saturated rings. The Morgan fingerprint density at radius 3 is 2.75 bits per heavy atom. The Hall–Kier alpha value is -0.580. The van der Waals surface area contributed by atoms with E-state index in [1.165, 1.54) is 0 Å². The highest BCUT2D eigenvalue weighted by molar-refractivity contribution is 9.09. The molecule has 2 amide bonds. The van der Waals surface area contributed by atoms with Crippen molar-refractivity contribution in [2.24, 2.45) is 5.92 Å². The van der Waals surface area contributed by atoms with Crippen LogP contribution in [0.2, 0.25) is 0 Å². The van der Waals surface area contributed by atoms with Gasteiger partial charge in [-0.05, 0) is 18.8 Å². The van der Waals surface area contributed by atoms with Gasteiger partial charge in [0.15, 0.2) is 0 Å². The maximum Gasteiger partial charge on any atom is 0.242 e. The van der Waals surface area contributed by atoms with Crippen LogP contribution < -0.4 is 5.32 Å². The quantitative estimate of drug-likeness (QED) is 0.790. The number of alkyl halides is 1. The first kappa shape index (κ1) is 13.5. The van der Waals surface area contributed by atoms with E-state index in [2.05, 4.69) is 35.1 Å². The van der Waals surface area contributed by atoms with Crippen molar-refractivity contribution in [2.45, 2.75) is 32.7 Å². The minimum atomic E-state index is -0.260. The first-order valence-electron chi connectivity index (χ1n) is 5.69. The van der Waals surface area contributed by atoms with E-state index in [0.29, 0.717) is 24.3 Å². The Balaban J connectivity index is 2.51. The fourth-order valence-electron chi connectivity index (χ4n) is 1.84. The fraction of sp³-hybridized carbons (Fsp3) is 0.818. The average Bonchev–Trinajstić information content (AvgIpc) is 2.73. The highest BCUT2D eigenvalue weighted by Gasteiger charge is 2.33. The Kier molecular flexibility index (Phi) is 5.25. The molecule has 1 rings (SSSR count). The molecule has 5 heteroatoms. The molecule has 1 atom stereocenters. The van der Waals surface area contributed by atoms with Gasteiger partial charge in [0.25, 0.3) is 0 Å². The summed E-state index contributed by atoms with van der Waals surface area (Å²) in [5, 5.41) is 3.18. The molecule has 0 saturated carbocycles. The molecule has 0 unspecified atom stereocenters. The Morgan fingerprint density at radius 1 is 1.50 bits per heavy atom. The number of hydrogen-bond donors (Lipinski definition) is 1. The summed E-state index contributed by atoms with van der Waals surface area (Å²) in [6.45, 7) is 5.47. The number of carbonyl (C=O) groups excluding carboxylic acids is 2. The van der Waals surface area contributed by atoms with Crippen molar-refractivity contribution in [3.05, 3.63) is 0 Å². The number of halogens is 1. The molecule has 1 aliphatic rings. The summed E-state index contributed by atoms with van der Waals surface area (Å²) >= 11 is 3.14. The molecular formula is C11H19BrN2O2. The first-order chi connectivity index (χ1) is 7.56. The molecule has 4 nitrogen and oxygen atoms in total. The Labute approximate surface area is 105 Å². The van der Waals surface area contributed by atoms with Crippen molar-refractivity contribution in [2.75, 3.05) is 18.4 Å². The topological polar surface area (TPSA) is 49.4 Å². The fourth-order valence-corrected chi connectivity index (χ4v) is 2.16. The molecule has 1 saturated heterocycles. The third kappa shape index (κ3) is 3.47. The Bertz CT molecular complexity index is 269. The van der Waals surface area contributed by atoms with Gasteiger partial charge in [0.2, 0.25) is 11.8 Å². The van der Waals surface area contributed by atoms with Gasteiger partial charge in [-0.25, -0.2) is 0 Å². The zero-order valence-electron chi connectivity index (χ0n) is 9.83. The van der Waals surface area contributed by atoms with Crippen LogP contribution in [0.4, 0.5) is 0 Å². The lowest BCUT2D eigenvalue weighted by atomic mass is 10.2. The van der Waals surface area contributed by atoms with Gasteiger partial charge in [0.1, 0.15) is 6.04 Å². The highest BCUT2D eigenvalue weighted by atomic mass is 79.9. The Morgan fingerprint density at radius 2 is 2.19 bits per heavy atom. The first-order valence-corrected chi connectivity index (χ1v) is 6.81. The van der Waals surface area contributed by atoms with Crippen molar-refractivity contribution in [3.63, 3.8) is 0 Å². The van der Waals surface area contributed by atoms with Crippen LogP contribution in [0.15, 0.2) is 0 Å². The van der Waals surface area contributed by atoms with E-state index in [1.54, 1.807) is 4.90 Å². The summed E-state index contributed by atoms with van der Waals surface area (Å²) in [6, 6.07) is -0.260. The third-order valence-corrected chi connectivity index (χ3v) is 3.15. The van der Waals surface area contributed by atoms with Gasteiger partial charge in [-0.1, -0.05) is 29.8 Å². The van der Waals surface area contributed by atoms with Crippen LogP contribution in [-0.4, -0.2) is 41.2 Å². The number of nitrogens with zero attached hydrogens (tertiary/aromatic N) is 1. The maximum absolute atomic E-state index is 11.9. The molecule has 1 aliphatic heterocycles. The minimum absolute atomic E-state index is 0.00203. The summed E-state index contributed by atoms with van der Waals surface area (Å²) in [5.74, 6) is 0.424. The summed E-state index contributed by atoms with van der Waals surface area (Å²) in [5.41, 5.74) is 0. The largest absolute Gasteiger partial charge is 0.354 e. The number of rotatable bonds is 4.